The molecule has 1 aromatic carbocycles. The minimum Gasteiger partial charge on any atom is -0.490 e. The predicted molar refractivity (Wildman–Crippen MR) is 107 cm³/mol. The highest BCUT2D eigenvalue weighted by atomic mass is 16.5. The van der Waals surface area contributed by atoms with Crippen molar-refractivity contribution in [3.05, 3.63) is 30.3 Å². The number of nitrogens with one attached hydrogen (secondary N) is 1. The number of ether oxygens (including phenoxy) is 2. The number of benzene rings is 1. The van der Waals surface area contributed by atoms with Gasteiger partial charge >= 0.3 is 0 Å². The van der Waals surface area contributed by atoms with E-state index in [1.807, 2.05) is 37.4 Å². The zero-order valence-corrected chi connectivity index (χ0v) is 16.5. The Labute approximate surface area is 158 Å². The molecule has 0 amide bonds. The Morgan fingerprint density at radius 3 is 2.62 bits per heavy atom. The van der Waals surface area contributed by atoms with Gasteiger partial charge < -0.3 is 24.6 Å². The number of nitrogens with zero attached hydrogens (tertiary/aromatic N) is 3. The van der Waals surface area contributed by atoms with E-state index in [1.54, 1.807) is 7.11 Å². The highest BCUT2D eigenvalue weighted by Gasteiger charge is 2.22. The van der Waals surface area contributed by atoms with Gasteiger partial charge in [0.15, 0.2) is 5.96 Å². The van der Waals surface area contributed by atoms with E-state index in [0.717, 1.165) is 70.3 Å². The molecule has 1 aromatic rings. The van der Waals surface area contributed by atoms with Gasteiger partial charge in [-0.15, -0.1) is 0 Å². The summed E-state index contributed by atoms with van der Waals surface area (Å²) in [7, 11) is 5.73. The molecule has 26 heavy (non-hydrogen) atoms. The van der Waals surface area contributed by atoms with E-state index in [-0.39, 0.29) is 0 Å². The highest BCUT2D eigenvalue weighted by Crippen LogP contribution is 2.18. The van der Waals surface area contributed by atoms with Gasteiger partial charge in [0.2, 0.25) is 0 Å². The van der Waals surface area contributed by atoms with Crippen molar-refractivity contribution in [1.82, 2.24) is 15.1 Å². The fourth-order valence-electron chi connectivity index (χ4n) is 3.12. The average Bonchev–Trinajstić information content (AvgIpc) is 2.68. The number of methoxy groups -OCH3 is 1. The van der Waals surface area contributed by atoms with Crippen molar-refractivity contribution in [2.45, 2.75) is 25.4 Å². The molecule has 0 unspecified atom stereocenters. The predicted octanol–water partition coefficient (Wildman–Crippen LogP) is 2.07. The second-order valence-corrected chi connectivity index (χ2v) is 6.74. The highest BCUT2D eigenvalue weighted by molar-refractivity contribution is 5.79. The van der Waals surface area contributed by atoms with Gasteiger partial charge in [0.1, 0.15) is 11.9 Å². The molecule has 1 aliphatic heterocycles. The first-order chi connectivity index (χ1) is 12.7. The fourth-order valence-corrected chi connectivity index (χ4v) is 3.12. The van der Waals surface area contributed by atoms with Crippen LogP contribution in [-0.2, 0) is 4.74 Å². The topological polar surface area (TPSA) is 49.3 Å². The minimum atomic E-state index is 0.293. The van der Waals surface area contributed by atoms with Crippen molar-refractivity contribution >= 4 is 5.96 Å². The monoisotopic (exact) mass is 362 g/mol. The van der Waals surface area contributed by atoms with Gasteiger partial charge in [-0.1, -0.05) is 18.2 Å². The van der Waals surface area contributed by atoms with Gasteiger partial charge in [0.25, 0.3) is 0 Å². The molecule has 1 N–H and O–H groups in total. The maximum Gasteiger partial charge on any atom is 0.193 e. The molecular weight excluding hydrogens is 328 g/mol. The molecular formula is C20H34N4O2. The Bertz CT molecular complexity index is 516. The van der Waals surface area contributed by atoms with Gasteiger partial charge in [-0.3, -0.25) is 4.99 Å². The van der Waals surface area contributed by atoms with Crippen LogP contribution in [0.2, 0.25) is 0 Å². The molecule has 1 aliphatic rings. The van der Waals surface area contributed by atoms with Crippen molar-refractivity contribution < 1.29 is 9.47 Å². The number of rotatable bonds is 9. The molecule has 6 heteroatoms. The Hall–Kier alpha value is -1.79. The number of hydrogen-bond donors (Lipinski definition) is 1. The van der Waals surface area contributed by atoms with Gasteiger partial charge in [-0.2, -0.15) is 0 Å². The summed E-state index contributed by atoms with van der Waals surface area (Å²) in [6.07, 6.45) is 3.43. The van der Waals surface area contributed by atoms with Crippen LogP contribution in [-0.4, -0.2) is 82.4 Å². The standard InChI is InChI=1S/C20H34N4O2/c1-21-20(22-12-7-13-23(2)16-17-25-3)24-14-10-19(11-15-24)26-18-8-5-4-6-9-18/h4-6,8-9,19H,7,10-17H2,1-3H3,(H,21,22). The number of para-hydroxylation sites is 1. The molecule has 1 saturated heterocycles. The summed E-state index contributed by atoms with van der Waals surface area (Å²) in [5.74, 6) is 1.97. The van der Waals surface area contributed by atoms with Crippen LogP contribution in [0.25, 0.3) is 0 Å². The summed E-state index contributed by atoms with van der Waals surface area (Å²) >= 11 is 0. The molecule has 6 nitrogen and oxygen atoms in total. The van der Waals surface area contributed by atoms with Crippen LogP contribution >= 0.6 is 0 Å². The lowest BCUT2D eigenvalue weighted by molar-refractivity contribution is 0.129. The van der Waals surface area contributed by atoms with E-state index in [4.69, 9.17) is 9.47 Å². The Balaban J connectivity index is 1.65. The lowest BCUT2D eigenvalue weighted by atomic mass is 10.1. The second kappa shape index (κ2) is 11.8. The van der Waals surface area contributed by atoms with Crippen LogP contribution in [0.15, 0.2) is 35.3 Å². The molecule has 0 bridgehead atoms. The SMILES string of the molecule is CN=C(NCCCN(C)CCOC)N1CCC(Oc2ccccc2)CC1. The molecule has 0 aliphatic carbocycles. The van der Waals surface area contributed by atoms with Crippen molar-refractivity contribution in [1.29, 1.82) is 0 Å². The Kier molecular flexibility index (Phi) is 9.28. The molecule has 2 rings (SSSR count). The fraction of sp³-hybridized carbons (Fsp3) is 0.650. The molecule has 1 fully saturated rings. The molecule has 0 atom stereocenters. The summed E-state index contributed by atoms with van der Waals surface area (Å²) < 4.78 is 11.2. The average molecular weight is 363 g/mol. The summed E-state index contributed by atoms with van der Waals surface area (Å²) in [6, 6.07) is 10.1. The van der Waals surface area contributed by atoms with E-state index in [1.165, 1.54) is 0 Å². The number of aliphatic imine (C=N–C) groups is 1. The van der Waals surface area contributed by atoms with Crippen molar-refractivity contribution in [3.63, 3.8) is 0 Å². The summed E-state index contributed by atoms with van der Waals surface area (Å²) in [5, 5.41) is 3.49. The van der Waals surface area contributed by atoms with Crippen LogP contribution in [0.5, 0.6) is 5.75 Å². The Morgan fingerprint density at radius 1 is 1.23 bits per heavy atom. The number of guanidine groups is 1. The molecule has 146 valence electrons. The van der Waals surface area contributed by atoms with E-state index >= 15 is 0 Å². The molecule has 1 heterocycles. The molecule has 0 saturated carbocycles. The van der Waals surface area contributed by atoms with Crippen LogP contribution in [0.1, 0.15) is 19.3 Å². The third-order valence-electron chi connectivity index (χ3n) is 4.68. The first kappa shape index (κ1) is 20.5. The summed E-state index contributed by atoms with van der Waals surface area (Å²) in [6.45, 7) is 5.70. The van der Waals surface area contributed by atoms with Crippen molar-refractivity contribution in [2.24, 2.45) is 4.99 Å². The number of likely N-dealkylation sites (N-methyl/N-ethyl adjacent to an activating group) is 1. The quantitative estimate of drug-likeness (QED) is 0.414. The third-order valence-corrected chi connectivity index (χ3v) is 4.68. The van der Waals surface area contributed by atoms with Gasteiger partial charge in [-0.05, 0) is 32.1 Å². The summed E-state index contributed by atoms with van der Waals surface area (Å²) in [5.41, 5.74) is 0. The van der Waals surface area contributed by atoms with Gasteiger partial charge in [0.05, 0.1) is 6.61 Å². The summed E-state index contributed by atoms with van der Waals surface area (Å²) in [4.78, 5) is 9.07. The van der Waals surface area contributed by atoms with Gasteiger partial charge in [-0.25, -0.2) is 0 Å². The zero-order chi connectivity index (χ0) is 18.6. The van der Waals surface area contributed by atoms with Crippen LogP contribution < -0.4 is 10.1 Å². The minimum absolute atomic E-state index is 0.293. The molecule has 0 spiro atoms. The second-order valence-electron chi connectivity index (χ2n) is 6.74. The van der Waals surface area contributed by atoms with E-state index in [0.29, 0.717) is 6.10 Å². The zero-order valence-electron chi connectivity index (χ0n) is 16.5. The van der Waals surface area contributed by atoms with Crippen LogP contribution in [0, 0.1) is 0 Å². The lowest BCUT2D eigenvalue weighted by Gasteiger charge is -2.34. The third kappa shape index (κ3) is 7.22. The van der Waals surface area contributed by atoms with E-state index in [9.17, 15) is 0 Å². The number of piperidine rings is 1. The Morgan fingerprint density at radius 2 is 1.96 bits per heavy atom. The van der Waals surface area contributed by atoms with Crippen molar-refractivity contribution in [2.75, 3.05) is 60.5 Å². The maximum atomic E-state index is 6.07. The maximum absolute atomic E-state index is 6.07. The van der Waals surface area contributed by atoms with E-state index < -0.39 is 0 Å². The largest absolute Gasteiger partial charge is 0.490 e. The number of likely N-dealkylation sites (tertiary alicyclic amines) is 1. The molecule has 0 aromatic heterocycles. The first-order valence-corrected chi connectivity index (χ1v) is 9.57. The number of hydrogen-bond acceptors (Lipinski definition) is 4. The smallest absolute Gasteiger partial charge is 0.193 e. The van der Waals surface area contributed by atoms with Crippen LogP contribution in [0.3, 0.4) is 0 Å². The first-order valence-electron chi connectivity index (χ1n) is 9.57. The normalized spacial score (nSPS) is 16.2. The van der Waals surface area contributed by atoms with Gasteiger partial charge in [0, 0.05) is 53.2 Å². The molecule has 0 radical (unpaired) electrons. The van der Waals surface area contributed by atoms with Crippen molar-refractivity contribution in [3.8, 4) is 5.75 Å². The lowest BCUT2D eigenvalue weighted by Crippen LogP contribution is -2.47. The van der Waals surface area contributed by atoms with Crippen LogP contribution in [0.4, 0.5) is 0 Å². The van der Waals surface area contributed by atoms with E-state index in [2.05, 4.69) is 27.2 Å².